The van der Waals surface area contributed by atoms with Crippen LogP contribution in [0.4, 0.5) is 0 Å². The largest absolute Gasteiger partial charge is 0.491 e. The quantitative estimate of drug-likeness (QED) is 0.288. The Morgan fingerprint density at radius 1 is 1.06 bits per heavy atom. The van der Waals surface area contributed by atoms with Crippen molar-refractivity contribution in [2.45, 2.75) is 73.1 Å². The summed E-state index contributed by atoms with van der Waals surface area (Å²) in [5, 5.41) is 4.24. The Kier molecular flexibility index (Phi) is 11.2. The molecular formula is C29H41NO2S. The Balaban J connectivity index is 1.93. The molecule has 3 nitrogen and oxygen atoms in total. The van der Waals surface area contributed by atoms with Crippen LogP contribution in [0.5, 0.6) is 5.75 Å². The molecule has 0 saturated carbocycles. The van der Waals surface area contributed by atoms with Gasteiger partial charge in [0.1, 0.15) is 18.0 Å². The summed E-state index contributed by atoms with van der Waals surface area (Å²) in [6.07, 6.45) is 5.95. The SMILES string of the molecule is CCN(C/C=C/C#CC(C)(C)C)Cc1cccc(OCC(CC)(CC)OCc2ccsc2)c1. The standard InChI is InChI=1S/C29H41NO2S/c1-7-29(8-2,32-22-26-16-19-33-23-26)24-31-27-15-13-14-25(20-27)21-30(9-3)18-12-10-11-17-28(4,5)6/h10,12-16,19-20,23H,7-9,18,21-22,24H2,1-6H3/b12-10+. The van der Waals surface area contributed by atoms with Crippen molar-refractivity contribution >= 4 is 11.3 Å². The van der Waals surface area contributed by atoms with Gasteiger partial charge in [-0.1, -0.05) is 50.8 Å². The summed E-state index contributed by atoms with van der Waals surface area (Å²) >= 11 is 1.71. The molecule has 0 saturated heterocycles. The highest BCUT2D eigenvalue weighted by Crippen LogP contribution is 2.25. The second-order valence-corrected chi connectivity index (χ2v) is 10.3. The van der Waals surface area contributed by atoms with Gasteiger partial charge in [0.15, 0.2) is 0 Å². The van der Waals surface area contributed by atoms with E-state index in [4.69, 9.17) is 9.47 Å². The summed E-state index contributed by atoms with van der Waals surface area (Å²) in [6.45, 7) is 16.9. The van der Waals surface area contributed by atoms with Crippen molar-refractivity contribution in [2.24, 2.45) is 5.41 Å². The number of nitrogens with zero attached hydrogens (tertiary/aromatic N) is 1. The molecule has 0 N–H and O–H groups in total. The van der Waals surface area contributed by atoms with Crippen LogP contribution >= 0.6 is 11.3 Å². The van der Waals surface area contributed by atoms with Crippen molar-refractivity contribution in [2.75, 3.05) is 19.7 Å². The molecule has 0 radical (unpaired) electrons. The highest BCUT2D eigenvalue weighted by atomic mass is 32.1. The van der Waals surface area contributed by atoms with Gasteiger partial charge < -0.3 is 9.47 Å². The van der Waals surface area contributed by atoms with Gasteiger partial charge in [-0.15, -0.1) is 0 Å². The molecule has 0 aliphatic carbocycles. The van der Waals surface area contributed by atoms with Crippen molar-refractivity contribution in [1.82, 2.24) is 4.90 Å². The lowest BCUT2D eigenvalue weighted by molar-refractivity contribution is -0.0877. The maximum Gasteiger partial charge on any atom is 0.119 e. The van der Waals surface area contributed by atoms with Crippen molar-refractivity contribution in [3.8, 4) is 17.6 Å². The van der Waals surface area contributed by atoms with E-state index in [2.05, 4.69) is 99.4 Å². The number of allylic oxidation sites excluding steroid dienone is 1. The number of hydrogen-bond acceptors (Lipinski definition) is 4. The lowest BCUT2D eigenvalue weighted by Gasteiger charge is -2.32. The zero-order valence-corrected chi connectivity index (χ0v) is 22.1. The number of benzene rings is 1. The maximum atomic E-state index is 6.35. The highest BCUT2D eigenvalue weighted by molar-refractivity contribution is 7.07. The van der Waals surface area contributed by atoms with Gasteiger partial charge in [-0.3, -0.25) is 4.90 Å². The van der Waals surface area contributed by atoms with Gasteiger partial charge in [0.05, 0.1) is 6.61 Å². The van der Waals surface area contributed by atoms with Gasteiger partial charge in [0.2, 0.25) is 0 Å². The first kappa shape index (κ1) is 27.2. The van der Waals surface area contributed by atoms with Gasteiger partial charge in [0.25, 0.3) is 0 Å². The topological polar surface area (TPSA) is 21.7 Å². The molecule has 0 spiro atoms. The number of ether oxygens (including phenoxy) is 2. The fourth-order valence-corrected chi connectivity index (χ4v) is 4.00. The third-order valence-electron chi connectivity index (χ3n) is 5.68. The molecule has 2 aromatic rings. The Hall–Kier alpha value is -2.06. The van der Waals surface area contributed by atoms with Crippen molar-refractivity contribution in [1.29, 1.82) is 0 Å². The molecule has 4 heteroatoms. The number of hydrogen-bond donors (Lipinski definition) is 0. The molecule has 1 heterocycles. The van der Waals surface area contributed by atoms with Gasteiger partial charge in [-0.2, -0.15) is 11.3 Å². The Morgan fingerprint density at radius 3 is 2.48 bits per heavy atom. The number of rotatable bonds is 13. The average Bonchev–Trinajstić information content (AvgIpc) is 3.32. The van der Waals surface area contributed by atoms with E-state index in [1.165, 1.54) is 11.1 Å². The van der Waals surface area contributed by atoms with E-state index in [1.54, 1.807) is 11.3 Å². The van der Waals surface area contributed by atoms with E-state index in [0.717, 1.165) is 38.2 Å². The van der Waals surface area contributed by atoms with Crippen LogP contribution < -0.4 is 4.74 Å². The molecular weight excluding hydrogens is 426 g/mol. The monoisotopic (exact) mass is 467 g/mol. The summed E-state index contributed by atoms with van der Waals surface area (Å²) in [4.78, 5) is 2.39. The van der Waals surface area contributed by atoms with E-state index in [1.807, 2.05) is 12.1 Å². The van der Waals surface area contributed by atoms with E-state index < -0.39 is 0 Å². The predicted molar refractivity (Wildman–Crippen MR) is 142 cm³/mol. The molecule has 180 valence electrons. The van der Waals surface area contributed by atoms with Crippen LogP contribution in [0.1, 0.15) is 65.5 Å². The van der Waals surface area contributed by atoms with Crippen molar-refractivity contribution in [3.05, 3.63) is 64.4 Å². The van der Waals surface area contributed by atoms with Gasteiger partial charge >= 0.3 is 0 Å². The second kappa shape index (κ2) is 13.6. The first-order chi connectivity index (χ1) is 15.8. The fraction of sp³-hybridized carbons (Fsp3) is 0.517. The average molecular weight is 468 g/mol. The molecule has 0 bridgehead atoms. The summed E-state index contributed by atoms with van der Waals surface area (Å²) < 4.78 is 12.6. The van der Waals surface area contributed by atoms with Crippen LogP contribution in [0.25, 0.3) is 0 Å². The highest BCUT2D eigenvalue weighted by Gasteiger charge is 2.28. The molecule has 1 aromatic heterocycles. The molecule has 0 fully saturated rings. The molecule has 0 aliphatic heterocycles. The number of thiophene rings is 1. The van der Waals surface area contributed by atoms with Gasteiger partial charge in [0, 0.05) is 18.5 Å². The number of likely N-dealkylation sites (N-methyl/N-ethyl adjacent to an activating group) is 1. The minimum Gasteiger partial charge on any atom is -0.491 e. The summed E-state index contributed by atoms with van der Waals surface area (Å²) in [7, 11) is 0. The summed E-state index contributed by atoms with van der Waals surface area (Å²) in [5.41, 5.74) is 2.25. The molecule has 0 atom stereocenters. The Morgan fingerprint density at radius 2 is 1.85 bits per heavy atom. The third-order valence-corrected chi connectivity index (χ3v) is 6.41. The van der Waals surface area contributed by atoms with Crippen molar-refractivity contribution < 1.29 is 9.47 Å². The predicted octanol–water partition coefficient (Wildman–Crippen LogP) is 7.33. The van der Waals surface area contributed by atoms with E-state index in [0.29, 0.717) is 13.2 Å². The first-order valence-electron chi connectivity index (χ1n) is 12.1. The normalized spacial score (nSPS) is 12.2. The lowest BCUT2D eigenvalue weighted by atomic mass is 9.98. The van der Waals surface area contributed by atoms with Crippen LogP contribution in [0.3, 0.4) is 0 Å². The van der Waals surface area contributed by atoms with Crippen LogP contribution in [-0.2, 0) is 17.9 Å². The molecule has 33 heavy (non-hydrogen) atoms. The molecule has 0 unspecified atom stereocenters. The van der Waals surface area contributed by atoms with Gasteiger partial charge in [-0.25, -0.2) is 0 Å². The fourth-order valence-electron chi connectivity index (χ4n) is 3.34. The van der Waals surface area contributed by atoms with E-state index >= 15 is 0 Å². The molecule has 0 aliphatic rings. The Labute approximate surface area is 205 Å². The minimum absolute atomic E-state index is 0.0390. The summed E-state index contributed by atoms with van der Waals surface area (Å²) in [5.74, 6) is 7.30. The molecule has 0 amide bonds. The van der Waals surface area contributed by atoms with Crippen LogP contribution in [-0.4, -0.2) is 30.2 Å². The Bertz CT molecular complexity index is 896. The first-order valence-corrected chi connectivity index (χ1v) is 13.0. The summed E-state index contributed by atoms with van der Waals surface area (Å²) in [6, 6.07) is 10.6. The van der Waals surface area contributed by atoms with Crippen LogP contribution in [0, 0.1) is 17.3 Å². The molecule has 2 rings (SSSR count). The third kappa shape index (κ3) is 10.2. The zero-order chi connectivity index (χ0) is 24.2. The smallest absolute Gasteiger partial charge is 0.119 e. The zero-order valence-electron chi connectivity index (χ0n) is 21.3. The van der Waals surface area contributed by atoms with E-state index in [-0.39, 0.29) is 11.0 Å². The lowest BCUT2D eigenvalue weighted by Crippen LogP contribution is -2.38. The van der Waals surface area contributed by atoms with Crippen LogP contribution in [0.15, 0.2) is 53.2 Å². The van der Waals surface area contributed by atoms with E-state index in [9.17, 15) is 0 Å². The maximum absolute atomic E-state index is 6.35. The van der Waals surface area contributed by atoms with Crippen LogP contribution in [0.2, 0.25) is 0 Å². The molecule has 1 aromatic carbocycles. The van der Waals surface area contributed by atoms with Crippen molar-refractivity contribution in [3.63, 3.8) is 0 Å². The van der Waals surface area contributed by atoms with Gasteiger partial charge in [-0.05, 0) is 86.3 Å². The second-order valence-electron chi connectivity index (χ2n) is 9.50. The minimum atomic E-state index is -0.272.